The van der Waals surface area contributed by atoms with Crippen LogP contribution in [0.15, 0.2) is 84.6 Å². The zero-order valence-corrected chi connectivity index (χ0v) is 21.1. The number of aromatic nitrogens is 1. The third kappa shape index (κ3) is 4.88. The van der Waals surface area contributed by atoms with Crippen molar-refractivity contribution in [2.45, 2.75) is 19.9 Å². The van der Waals surface area contributed by atoms with Gasteiger partial charge in [-0.25, -0.2) is 9.69 Å². The second kappa shape index (κ2) is 10.6. The van der Waals surface area contributed by atoms with Gasteiger partial charge in [0.1, 0.15) is 23.7 Å². The zero-order chi connectivity index (χ0) is 26.6. The molecule has 5 rings (SSSR count). The van der Waals surface area contributed by atoms with Gasteiger partial charge in [-0.2, -0.15) is 0 Å². The van der Waals surface area contributed by atoms with E-state index in [-0.39, 0.29) is 5.57 Å². The van der Waals surface area contributed by atoms with E-state index >= 15 is 0 Å². The highest BCUT2D eigenvalue weighted by atomic mass is 16.5. The number of hydrogen-bond acceptors (Lipinski definition) is 5. The molecule has 0 atom stereocenters. The summed E-state index contributed by atoms with van der Waals surface area (Å²) in [6.45, 7) is 2.98. The number of benzene rings is 3. The van der Waals surface area contributed by atoms with E-state index in [4.69, 9.17) is 9.47 Å². The molecule has 0 unspecified atom stereocenters. The van der Waals surface area contributed by atoms with Gasteiger partial charge in [-0.1, -0.05) is 37.3 Å². The molecule has 1 aliphatic rings. The average Bonchev–Trinajstić information content (AvgIpc) is 3.29. The minimum atomic E-state index is -0.764. The SMILES string of the molecule is CCc1ccc(N2C(=O)NC(=O)C(=Cc3cn(CCOc4ccc(OC)cc4)c4ccccc34)C2=O)cc1. The number of carbonyl (C=O) groups excluding carboxylic acids is 3. The Morgan fingerprint density at radius 1 is 0.895 bits per heavy atom. The fourth-order valence-electron chi connectivity index (χ4n) is 4.44. The molecule has 192 valence electrons. The topological polar surface area (TPSA) is 89.9 Å². The quantitative estimate of drug-likeness (QED) is 0.268. The summed E-state index contributed by atoms with van der Waals surface area (Å²) in [4.78, 5) is 39.7. The van der Waals surface area contributed by atoms with Gasteiger partial charge in [-0.3, -0.25) is 14.9 Å². The number of methoxy groups -OCH3 is 1. The minimum absolute atomic E-state index is 0.110. The number of amides is 4. The Hall–Kier alpha value is -4.85. The van der Waals surface area contributed by atoms with Crippen LogP contribution in [0.4, 0.5) is 10.5 Å². The lowest BCUT2D eigenvalue weighted by molar-refractivity contribution is -0.122. The van der Waals surface area contributed by atoms with Gasteiger partial charge in [0, 0.05) is 22.7 Å². The lowest BCUT2D eigenvalue weighted by atomic mass is 10.1. The lowest BCUT2D eigenvalue weighted by Crippen LogP contribution is -2.54. The molecule has 0 aliphatic carbocycles. The first-order chi connectivity index (χ1) is 18.5. The van der Waals surface area contributed by atoms with Crippen LogP contribution in [0.2, 0.25) is 0 Å². The van der Waals surface area contributed by atoms with E-state index in [0.717, 1.165) is 39.3 Å². The third-order valence-corrected chi connectivity index (χ3v) is 6.48. The smallest absolute Gasteiger partial charge is 0.335 e. The van der Waals surface area contributed by atoms with Crippen molar-refractivity contribution in [3.05, 3.63) is 95.7 Å². The van der Waals surface area contributed by atoms with Crippen LogP contribution >= 0.6 is 0 Å². The van der Waals surface area contributed by atoms with E-state index in [0.29, 0.717) is 24.4 Å². The Balaban J connectivity index is 1.41. The number of fused-ring (bicyclic) bond motifs is 1. The molecule has 3 aromatic carbocycles. The minimum Gasteiger partial charge on any atom is -0.497 e. The van der Waals surface area contributed by atoms with Gasteiger partial charge in [0.2, 0.25) is 0 Å². The summed E-state index contributed by atoms with van der Waals surface area (Å²) in [6, 6.07) is 21.5. The summed E-state index contributed by atoms with van der Waals surface area (Å²) < 4.78 is 13.1. The molecule has 0 bridgehead atoms. The highest BCUT2D eigenvalue weighted by Gasteiger charge is 2.37. The summed E-state index contributed by atoms with van der Waals surface area (Å²) in [5.41, 5.74) is 3.00. The van der Waals surface area contributed by atoms with Crippen LogP contribution in [0.3, 0.4) is 0 Å². The van der Waals surface area contributed by atoms with Gasteiger partial charge in [0.15, 0.2) is 0 Å². The molecule has 0 saturated carbocycles. The number of carbonyl (C=O) groups is 3. The van der Waals surface area contributed by atoms with Crippen molar-refractivity contribution >= 4 is 40.5 Å². The Bertz CT molecular complexity index is 1530. The van der Waals surface area contributed by atoms with Crippen LogP contribution in [-0.4, -0.2) is 36.1 Å². The van der Waals surface area contributed by atoms with E-state index in [1.807, 2.05) is 78.4 Å². The number of para-hydroxylation sites is 1. The Kier molecular flexibility index (Phi) is 6.95. The van der Waals surface area contributed by atoms with Crippen molar-refractivity contribution < 1.29 is 23.9 Å². The third-order valence-electron chi connectivity index (χ3n) is 6.48. The fraction of sp³-hybridized carbons (Fsp3) is 0.167. The first-order valence-electron chi connectivity index (χ1n) is 12.3. The van der Waals surface area contributed by atoms with Crippen molar-refractivity contribution in [1.29, 1.82) is 0 Å². The van der Waals surface area contributed by atoms with Gasteiger partial charge in [-0.05, 0) is 60.5 Å². The highest BCUT2D eigenvalue weighted by molar-refractivity contribution is 6.39. The van der Waals surface area contributed by atoms with Crippen molar-refractivity contribution in [1.82, 2.24) is 9.88 Å². The number of imide groups is 2. The van der Waals surface area contributed by atoms with Crippen LogP contribution < -0.4 is 19.7 Å². The average molecular weight is 510 g/mol. The van der Waals surface area contributed by atoms with E-state index in [9.17, 15) is 14.4 Å². The Morgan fingerprint density at radius 3 is 2.32 bits per heavy atom. The van der Waals surface area contributed by atoms with Crippen LogP contribution in [0.25, 0.3) is 17.0 Å². The Morgan fingerprint density at radius 2 is 1.61 bits per heavy atom. The molecule has 0 radical (unpaired) electrons. The summed E-state index contributed by atoms with van der Waals surface area (Å²) in [6.07, 6.45) is 4.26. The number of urea groups is 1. The van der Waals surface area contributed by atoms with Crippen LogP contribution in [0.5, 0.6) is 11.5 Å². The standard InChI is InChI=1S/C30H27N3O5/c1-3-20-8-10-22(11-9-20)33-29(35)26(28(34)31-30(33)36)18-21-19-32(27-7-5-4-6-25(21)27)16-17-38-24-14-12-23(37-2)13-15-24/h4-15,18-19H,3,16-17H2,1-2H3,(H,31,34,36). The van der Waals surface area contributed by atoms with Gasteiger partial charge < -0.3 is 14.0 Å². The number of nitrogens with one attached hydrogen (secondary N) is 1. The molecule has 8 heteroatoms. The van der Waals surface area contributed by atoms with Crippen molar-refractivity contribution in [3.8, 4) is 11.5 Å². The first-order valence-corrected chi connectivity index (χ1v) is 12.3. The van der Waals surface area contributed by atoms with Crippen molar-refractivity contribution in [2.75, 3.05) is 18.6 Å². The number of hydrogen-bond donors (Lipinski definition) is 1. The number of aryl methyl sites for hydroxylation is 1. The largest absolute Gasteiger partial charge is 0.497 e. The van der Waals surface area contributed by atoms with Gasteiger partial charge in [0.05, 0.1) is 19.3 Å². The molecule has 2 heterocycles. The second-order valence-corrected chi connectivity index (χ2v) is 8.80. The van der Waals surface area contributed by atoms with Gasteiger partial charge >= 0.3 is 6.03 Å². The number of ether oxygens (including phenoxy) is 2. The lowest BCUT2D eigenvalue weighted by Gasteiger charge is -2.26. The predicted octanol–water partition coefficient (Wildman–Crippen LogP) is 4.96. The zero-order valence-electron chi connectivity index (χ0n) is 21.1. The summed E-state index contributed by atoms with van der Waals surface area (Å²) in [7, 11) is 1.61. The number of rotatable bonds is 8. The van der Waals surface area contributed by atoms with E-state index < -0.39 is 17.8 Å². The maximum Gasteiger partial charge on any atom is 0.335 e. The molecular formula is C30H27N3O5. The number of barbiturate groups is 1. The monoisotopic (exact) mass is 509 g/mol. The maximum absolute atomic E-state index is 13.4. The van der Waals surface area contributed by atoms with E-state index in [1.54, 1.807) is 25.3 Å². The maximum atomic E-state index is 13.4. The normalized spacial score (nSPS) is 14.7. The Labute approximate surface area is 220 Å². The van der Waals surface area contributed by atoms with E-state index in [2.05, 4.69) is 5.32 Å². The molecule has 4 amide bonds. The number of nitrogens with zero attached hydrogens (tertiary/aromatic N) is 2. The summed E-state index contributed by atoms with van der Waals surface area (Å²) in [5.74, 6) is 0.0977. The first kappa shape index (κ1) is 24.8. The predicted molar refractivity (Wildman–Crippen MR) is 145 cm³/mol. The summed E-state index contributed by atoms with van der Waals surface area (Å²) >= 11 is 0. The molecule has 4 aromatic rings. The molecule has 1 N–H and O–H groups in total. The van der Waals surface area contributed by atoms with Crippen molar-refractivity contribution in [2.24, 2.45) is 0 Å². The van der Waals surface area contributed by atoms with Crippen LogP contribution in [0.1, 0.15) is 18.1 Å². The molecule has 1 saturated heterocycles. The fourth-order valence-corrected chi connectivity index (χ4v) is 4.44. The number of anilines is 1. The molecule has 1 aromatic heterocycles. The molecule has 8 nitrogen and oxygen atoms in total. The summed E-state index contributed by atoms with van der Waals surface area (Å²) in [5, 5.41) is 3.17. The molecule has 1 fully saturated rings. The van der Waals surface area contributed by atoms with E-state index in [1.165, 1.54) is 0 Å². The molecule has 38 heavy (non-hydrogen) atoms. The van der Waals surface area contributed by atoms with Gasteiger partial charge in [-0.15, -0.1) is 0 Å². The molecular weight excluding hydrogens is 482 g/mol. The van der Waals surface area contributed by atoms with Crippen LogP contribution in [0, 0.1) is 0 Å². The highest BCUT2D eigenvalue weighted by Crippen LogP contribution is 2.27. The molecule has 0 spiro atoms. The van der Waals surface area contributed by atoms with Gasteiger partial charge in [0.25, 0.3) is 11.8 Å². The molecule has 1 aliphatic heterocycles. The second-order valence-electron chi connectivity index (χ2n) is 8.80. The van der Waals surface area contributed by atoms with Crippen molar-refractivity contribution in [3.63, 3.8) is 0 Å². The van der Waals surface area contributed by atoms with Crippen LogP contribution in [-0.2, 0) is 22.6 Å².